The van der Waals surface area contributed by atoms with Crippen LogP contribution in [0.4, 0.5) is 0 Å². The lowest BCUT2D eigenvalue weighted by atomic mass is 9.95. The molecule has 1 heterocycles. The van der Waals surface area contributed by atoms with Gasteiger partial charge in [0, 0.05) is 24.7 Å². The lowest BCUT2D eigenvalue weighted by Crippen LogP contribution is -2.41. The molecule has 2 bridgehead atoms. The Morgan fingerprint density at radius 2 is 1.96 bits per heavy atom. The Hall–Kier alpha value is -1.15. The summed E-state index contributed by atoms with van der Waals surface area (Å²) in [5.74, 6) is 1.07. The smallest absolute Gasteiger partial charge is 0.251 e. The van der Waals surface area contributed by atoms with E-state index in [4.69, 9.17) is 16.3 Å². The number of morpholine rings is 1. The van der Waals surface area contributed by atoms with Crippen molar-refractivity contribution >= 4 is 27.5 Å². The molecule has 1 aliphatic heterocycles. The zero-order chi connectivity index (χ0) is 18.3. The highest BCUT2D eigenvalue weighted by Crippen LogP contribution is 2.44. The van der Waals surface area contributed by atoms with Crippen LogP contribution in [0.15, 0.2) is 23.1 Å². The van der Waals surface area contributed by atoms with Gasteiger partial charge in [-0.15, -0.1) is 0 Å². The lowest BCUT2D eigenvalue weighted by Gasteiger charge is -2.26. The van der Waals surface area contributed by atoms with Crippen LogP contribution < -0.4 is 5.32 Å². The van der Waals surface area contributed by atoms with E-state index in [2.05, 4.69) is 5.32 Å². The van der Waals surface area contributed by atoms with E-state index in [1.165, 1.54) is 35.7 Å². The third kappa shape index (κ3) is 3.38. The average molecular weight is 399 g/mol. The van der Waals surface area contributed by atoms with Crippen LogP contribution in [0.1, 0.15) is 36.0 Å². The maximum atomic E-state index is 12.9. The molecule has 0 aromatic heterocycles. The SMILES string of the molecule is O=C(N[C@@H]1C[C@H]2CC[C@@H]1C2)c1ccc(Cl)c(S(=O)(=O)N2CCOCC2)c1. The fourth-order valence-corrected chi connectivity index (χ4v) is 6.35. The van der Waals surface area contributed by atoms with Gasteiger partial charge in [0.25, 0.3) is 5.91 Å². The van der Waals surface area contributed by atoms with Gasteiger partial charge in [0.05, 0.1) is 18.2 Å². The number of sulfonamides is 1. The van der Waals surface area contributed by atoms with Gasteiger partial charge in [-0.25, -0.2) is 8.42 Å². The Morgan fingerprint density at radius 3 is 2.62 bits per heavy atom. The van der Waals surface area contributed by atoms with Crippen LogP contribution in [0.3, 0.4) is 0 Å². The van der Waals surface area contributed by atoms with Crippen molar-refractivity contribution in [3.05, 3.63) is 28.8 Å². The summed E-state index contributed by atoms with van der Waals surface area (Å²) >= 11 is 6.16. The van der Waals surface area contributed by atoms with Crippen molar-refractivity contribution in [2.45, 2.75) is 36.6 Å². The van der Waals surface area contributed by atoms with Crippen LogP contribution in [0.25, 0.3) is 0 Å². The third-order valence-electron chi connectivity index (χ3n) is 5.84. The van der Waals surface area contributed by atoms with Crippen molar-refractivity contribution in [3.8, 4) is 0 Å². The van der Waals surface area contributed by atoms with Crippen molar-refractivity contribution in [1.29, 1.82) is 0 Å². The van der Waals surface area contributed by atoms with Crippen molar-refractivity contribution in [2.75, 3.05) is 26.3 Å². The number of benzene rings is 1. The van der Waals surface area contributed by atoms with Gasteiger partial charge in [-0.1, -0.05) is 18.0 Å². The molecule has 4 rings (SSSR count). The summed E-state index contributed by atoms with van der Waals surface area (Å²) in [5, 5.41) is 3.23. The van der Waals surface area contributed by atoms with E-state index in [0.29, 0.717) is 37.8 Å². The van der Waals surface area contributed by atoms with Crippen molar-refractivity contribution < 1.29 is 17.9 Å². The molecule has 6 nitrogen and oxygen atoms in total. The summed E-state index contributed by atoms with van der Waals surface area (Å²) in [6, 6.07) is 4.68. The second-order valence-electron chi connectivity index (χ2n) is 7.42. The topological polar surface area (TPSA) is 75.7 Å². The molecule has 1 aromatic rings. The molecular formula is C18H23ClN2O4S. The molecule has 2 saturated carbocycles. The molecule has 1 amide bonds. The molecular weight excluding hydrogens is 376 g/mol. The van der Waals surface area contributed by atoms with E-state index >= 15 is 0 Å². The van der Waals surface area contributed by atoms with Gasteiger partial charge in [-0.2, -0.15) is 4.31 Å². The second-order valence-corrected chi connectivity index (χ2v) is 9.73. The van der Waals surface area contributed by atoms with Crippen molar-refractivity contribution in [2.24, 2.45) is 11.8 Å². The van der Waals surface area contributed by atoms with Gasteiger partial charge in [0.1, 0.15) is 4.90 Å². The van der Waals surface area contributed by atoms with Crippen LogP contribution in [0.2, 0.25) is 5.02 Å². The van der Waals surface area contributed by atoms with E-state index < -0.39 is 10.0 Å². The molecule has 26 heavy (non-hydrogen) atoms. The molecule has 0 unspecified atom stereocenters. The van der Waals surface area contributed by atoms with E-state index in [1.807, 2.05) is 0 Å². The van der Waals surface area contributed by atoms with Crippen LogP contribution in [0.5, 0.6) is 0 Å². The molecule has 3 aliphatic rings. The van der Waals surface area contributed by atoms with E-state index in [-0.39, 0.29) is 21.9 Å². The number of hydrogen-bond donors (Lipinski definition) is 1. The molecule has 3 fully saturated rings. The summed E-state index contributed by atoms with van der Waals surface area (Å²) in [6.07, 6.45) is 4.66. The molecule has 2 aliphatic carbocycles. The first-order valence-corrected chi connectivity index (χ1v) is 11.0. The molecule has 0 radical (unpaired) electrons. The number of ether oxygens (including phenoxy) is 1. The third-order valence-corrected chi connectivity index (χ3v) is 8.22. The number of amides is 1. The van der Waals surface area contributed by atoms with Crippen molar-refractivity contribution in [1.82, 2.24) is 9.62 Å². The van der Waals surface area contributed by atoms with Gasteiger partial charge in [-0.05, 0) is 49.3 Å². The second kappa shape index (κ2) is 7.11. The quantitative estimate of drug-likeness (QED) is 0.844. The summed E-state index contributed by atoms with van der Waals surface area (Å²) in [7, 11) is -3.74. The highest BCUT2D eigenvalue weighted by Gasteiger charge is 2.40. The van der Waals surface area contributed by atoms with Gasteiger partial charge >= 0.3 is 0 Å². The minimum atomic E-state index is -3.74. The number of nitrogens with zero attached hydrogens (tertiary/aromatic N) is 1. The average Bonchev–Trinajstić information content (AvgIpc) is 3.25. The summed E-state index contributed by atoms with van der Waals surface area (Å²) in [4.78, 5) is 12.6. The van der Waals surface area contributed by atoms with Crippen LogP contribution in [-0.4, -0.2) is 51.0 Å². The number of carbonyl (C=O) groups is 1. The Morgan fingerprint density at radius 1 is 1.19 bits per heavy atom. The minimum Gasteiger partial charge on any atom is -0.379 e. The van der Waals surface area contributed by atoms with Gasteiger partial charge in [0.2, 0.25) is 10.0 Å². The normalized spacial score (nSPS) is 29.0. The minimum absolute atomic E-state index is 0.0124. The predicted octanol–water partition coefficient (Wildman–Crippen LogP) is 2.28. The monoisotopic (exact) mass is 398 g/mol. The number of hydrogen-bond acceptors (Lipinski definition) is 4. The van der Waals surface area contributed by atoms with Gasteiger partial charge in [0.15, 0.2) is 0 Å². The van der Waals surface area contributed by atoms with E-state index in [1.54, 1.807) is 6.07 Å². The van der Waals surface area contributed by atoms with Crippen molar-refractivity contribution in [3.63, 3.8) is 0 Å². The molecule has 142 valence electrons. The fraction of sp³-hybridized carbons (Fsp3) is 0.611. The van der Waals surface area contributed by atoms with Gasteiger partial charge < -0.3 is 10.1 Å². The lowest BCUT2D eigenvalue weighted by molar-refractivity contribution is 0.0730. The molecule has 1 N–H and O–H groups in total. The number of fused-ring (bicyclic) bond motifs is 2. The summed E-state index contributed by atoms with van der Waals surface area (Å²) in [6.45, 7) is 1.31. The van der Waals surface area contributed by atoms with Gasteiger partial charge in [-0.3, -0.25) is 4.79 Å². The molecule has 8 heteroatoms. The fourth-order valence-electron chi connectivity index (χ4n) is 4.44. The molecule has 1 aromatic carbocycles. The number of rotatable bonds is 4. The number of carbonyl (C=O) groups excluding carboxylic acids is 1. The Balaban J connectivity index is 1.54. The molecule has 3 atom stereocenters. The first-order chi connectivity index (χ1) is 12.4. The Bertz CT molecular complexity index is 807. The van der Waals surface area contributed by atoms with Crippen LogP contribution >= 0.6 is 11.6 Å². The predicted molar refractivity (Wildman–Crippen MR) is 97.7 cm³/mol. The zero-order valence-electron chi connectivity index (χ0n) is 14.5. The summed E-state index contributed by atoms with van der Waals surface area (Å²) < 4.78 is 32.3. The maximum Gasteiger partial charge on any atom is 0.251 e. The highest BCUT2D eigenvalue weighted by atomic mass is 35.5. The summed E-state index contributed by atoms with van der Waals surface area (Å²) in [5.41, 5.74) is 0.337. The van der Waals surface area contributed by atoms with E-state index in [0.717, 1.165) is 12.3 Å². The van der Waals surface area contributed by atoms with E-state index in [9.17, 15) is 13.2 Å². The van der Waals surface area contributed by atoms with Crippen LogP contribution in [0, 0.1) is 11.8 Å². The number of nitrogens with one attached hydrogen (secondary N) is 1. The first-order valence-electron chi connectivity index (χ1n) is 9.13. The highest BCUT2D eigenvalue weighted by molar-refractivity contribution is 7.89. The largest absolute Gasteiger partial charge is 0.379 e. The number of halogens is 1. The molecule has 1 saturated heterocycles. The standard InChI is InChI=1S/C18H23ClN2O4S/c19-15-4-3-14(18(22)20-16-10-12-1-2-13(16)9-12)11-17(15)26(23,24)21-5-7-25-8-6-21/h3-4,11-13,16H,1-2,5-10H2,(H,20,22)/t12-,13+,16+/m0/s1. The first kappa shape index (κ1) is 18.2. The molecule has 0 spiro atoms. The Labute approximate surface area is 158 Å². The zero-order valence-corrected chi connectivity index (χ0v) is 16.1. The Kier molecular flexibility index (Phi) is 4.98. The maximum absolute atomic E-state index is 12.9. The van der Waals surface area contributed by atoms with Crippen LogP contribution in [-0.2, 0) is 14.8 Å².